The van der Waals surface area contributed by atoms with Gasteiger partial charge in [0.25, 0.3) is 0 Å². The summed E-state index contributed by atoms with van der Waals surface area (Å²) in [5, 5.41) is 17.3. The molecule has 5 heteroatoms. The van der Waals surface area contributed by atoms with E-state index in [-0.39, 0.29) is 5.92 Å². The summed E-state index contributed by atoms with van der Waals surface area (Å²) in [6.45, 7) is 0.920. The molecule has 0 aromatic heterocycles. The SMILES string of the molecule is O=C(O)C(C(=O)O)C1CCOCC1. The Hall–Kier alpha value is -1.10. The normalized spacial score (nSPS) is 18.8. The molecule has 1 aliphatic heterocycles. The van der Waals surface area contributed by atoms with E-state index in [0.29, 0.717) is 26.1 Å². The standard InChI is InChI=1S/C8H12O5/c9-7(10)6(8(11)12)5-1-3-13-4-2-5/h5-6H,1-4H2,(H,9,10)(H,11,12). The van der Waals surface area contributed by atoms with Gasteiger partial charge in [-0.05, 0) is 18.8 Å². The molecule has 0 unspecified atom stereocenters. The van der Waals surface area contributed by atoms with Crippen molar-refractivity contribution in [3.8, 4) is 0 Å². The van der Waals surface area contributed by atoms with Gasteiger partial charge in [-0.3, -0.25) is 9.59 Å². The number of aliphatic carboxylic acids is 2. The maximum Gasteiger partial charge on any atom is 0.318 e. The lowest BCUT2D eigenvalue weighted by molar-refractivity contribution is -0.158. The van der Waals surface area contributed by atoms with Crippen LogP contribution >= 0.6 is 0 Å². The van der Waals surface area contributed by atoms with Gasteiger partial charge < -0.3 is 14.9 Å². The van der Waals surface area contributed by atoms with Gasteiger partial charge in [-0.2, -0.15) is 0 Å². The zero-order chi connectivity index (χ0) is 9.84. The Bertz CT molecular complexity index is 193. The van der Waals surface area contributed by atoms with Crippen molar-refractivity contribution in [1.82, 2.24) is 0 Å². The summed E-state index contributed by atoms with van der Waals surface area (Å²) in [5.74, 6) is -4.06. The van der Waals surface area contributed by atoms with Gasteiger partial charge in [0.2, 0.25) is 0 Å². The van der Waals surface area contributed by atoms with Crippen molar-refractivity contribution in [3.05, 3.63) is 0 Å². The van der Waals surface area contributed by atoms with E-state index < -0.39 is 17.9 Å². The maximum absolute atomic E-state index is 10.6. The van der Waals surface area contributed by atoms with E-state index in [2.05, 4.69) is 0 Å². The predicted octanol–water partition coefficient (Wildman–Crippen LogP) is 0.198. The first-order chi connectivity index (χ1) is 6.13. The molecular weight excluding hydrogens is 176 g/mol. The van der Waals surface area contributed by atoms with Gasteiger partial charge in [-0.25, -0.2) is 0 Å². The zero-order valence-corrected chi connectivity index (χ0v) is 7.10. The topological polar surface area (TPSA) is 83.8 Å². The molecule has 1 rings (SSSR count). The highest BCUT2D eigenvalue weighted by Crippen LogP contribution is 2.24. The van der Waals surface area contributed by atoms with Gasteiger partial charge >= 0.3 is 11.9 Å². The van der Waals surface area contributed by atoms with Gasteiger partial charge in [0.15, 0.2) is 5.92 Å². The molecule has 1 saturated heterocycles. The lowest BCUT2D eigenvalue weighted by Crippen LogP contribution is -2.34. The summed E-state index contributed by atoms with van der Waals surface area (Å²) in [6, 6.07) is 0. The highest BCUT2D eigenvalue weighted by molar-refractivity contribution is 5.93. The lowest BCUT2D eigenvalue weighted by Gasteiger charge is -2.24. The molecule has 5 nitrogen and oxygen atoms in total. The minimum absolute atomic E-state index is 0.288. The van der Waals surface area contributed by atoms with Crippen molar-refractivity contribution in [2.75, 3.05) is 13.2 Å². The van der Waals surface area contributed by atoms with Crippen molar-refractivity contribution in [3.63, 3.8) is 0 Å². The largest absolute Gasteiger partial charge is 0.481 e. The van der Waals surface area contributed by atoms with E-state index in [1.165, 1.54) is 0 Å². The molecule has 0 aromatic carbocycles. The van der Waals surface area contributed by atoms with Crippen molar-refractivity contribution in [2.24, 2.45) is 11.8 Å². The van der Waals surface area contributed by atoms with Crippen LogP contribution in [0.25, 0.3) is 0 Å². The summed E-state index contributed by atoms with van der Waals surface area (Å²) in [6.07, 6.45) is 1.03. The average Bonchev–Trinajstić information content (AvgIpc) is 2.04. The van der Waals surface area contributed by atoms with Crippen molar-refractivity contribution in [1.29, 1.82) is 0 Å². The number of carboxylic acid groups (broad SMARTS) is 2. The third-order valence-electron chi connectivity index (χ3n) is 2.27. The minimum atomic E-state index is -1.27. The quantitative estimate of drug-likeness (QED) is 0.618. The van der Waals surface area contributed by atoms with Crippen LogP contribution in [0.2, 0.25) is 0 Å². The number of rotatable bonds is 3. The van der Waals surface area contributed by atoms with Crippen LogP contribution in [-0.2, 0) is 14.3 Å². The van der Waals surface area contributed by atoms with Gasteiger partial charge in [0, 0.05) is 13.2 Å². The number of hydrogen-bond acceptors (Lipinski definition) is 3. The lowest BCUT2D eigenvalue weighted by atomic mass is 9.86. The van der Waals surface area contributed by atoms with Gasteiger partial charge in [-0.15, -0.1) is 0 Å². The van der Waals surface area contributed by atoms with Crippen LogP contribution in [0.3, 0.4) is 0 Å². The second-order valence-electron chi connectivity index (χ2n) is 3.10. The van der Waals surface area contributed by atoms with Gasteiger partial charge in [0.05, 0.1) is 0 Å². The Balaban J connectivity index is 2.62. The first-order valence-corrected chi connectivity index (χ1v) is 4.16. The summed E-state index contributed by atoms with van der Waals surface area (Å²) < 4.78 is 5.02. The molecule has 0 aliphatic carbocycles. The Labute approximate surface area is 75.3 Å². The Morgan fingerprint density at radius 3 is 2.00 bits per heavy atom. The Morgan fingerprint density at radius 1 is 1.15 bits per heavy atom. The van der Waals surface area contributed by atoms with E-state index in [9.17, 15) is 9.59 Å². The number of carboxylic acids is 2. The highest BCUT2D eigenvalue weighted by Gasteiger charge is 2.35. The van der Waals surface area contributed by atoms with Crippen molar-refractivity contribution < 1.29 is 24.5 Å². The maximum atomic E-state index is 10.6. The number of ether oxygens (including phenoxy) is 1. The molecule has 0 aromatic rings. The number of carbonyl (C=O) groups is 2. The van der Waals surface area contributed by atoms with Crippen LogP contribution in [0.5, 0.6) is 0 Å². The van der Waals surface area contributed by atoms with Crippen LogP contribution in [0.1, 0.15) is 12.8 Å². The fraction of sp³-hybridized carbons (Fsp3) is 0.750. The molecule has 0 spiro atoms. The highest BCUT2D eigenvalue weighted by atomic mass is 16.5. The second-order valence-corrected chi connectivity index (χ2v) is 3.10. The summed E-state index contributed by atoms with van der Waals surface area (Å²) in [5.41, 5.74) is 0. The van der Waals surface area contributed by atoms with Crippen LogP contribution in [-0.4, -0.2) is 35.4 Å². The molecule has 0 radical (unpaired) electrons. The van der Waals surface area contributed by atoms with E-state index >= 15 is 0 Å². The first kappa shape index (κ1) is 9.98. The molecule has 13 heavy (non-hydrogen) atoms. The van der Waals surface area contributed by atoms with E-state index in [0.717, 1.165) is 0 Å². The van der Waals surface area contributed by atoms with Crippen LogP contribution in [0, 0.1) is 11.8 Å². The van der Waals surface area contributed by atoms with E-state index in [1.54, 1.807) is 0 Å². The third kappa shape index (κ3) is 2.42. The molecule has 2 N–H and O–H groups in total. The molecule has 0 saturated carbocycles. The van der Waals surface area contributed by atoms with Gasteiger partial charge in [0.1, 0.15) is 0 Å². The summed E-state index contributed by atoms with van der Waals surface area (Å²) in [7, 11) is 0. The van der Waals surface area contributed by atoms with E-state index in [4.69, 9.17) is 14.9 Å². The van der Waals surface area contributed by atoms with Crippen LogP contribution in [0.15, 0.2) is 0 Å². The number of hydrogen-bond donors (Lipinski definition) is 2. The van der Waals surface area contributed by atoms with Crippen molar-refractivity contribution >= 4 is 11.9 Å². The van der Waals surface area contributed by atoms with Gasteiger partial charge in [-0.1, -0.05) is 0 Å². The predicted molar refractivity (Wildman–Crippen MR) is 42.3 cm³/mol. The first-order valence-electron chi connectivity index (χ1n) is 4.16. The zero-order valence-electron chi connectivity index (χ0n) is 7.10. The van der Waals surface area contributed by atoms with E-state index in [1.807, 2.05) is 0 Å². The Kier molecular flexibility index (Phi) is 3.25. The Morgan fingerprint density at radius 2 is 1.62 bits per heavy atom. The third-order valence-corrected chi connectivity index (χ3v) is 2.27. The molecule has 1 fully saturated rings. The van der Waals surface area contributed by atoms with Crippen LogP contribution in [0.4, 0.5) is 0 Å². The molecule has 0 amide bonds. The molecule has 1 heterocycles. The van der Waals surface area contributed by atoms with Crippen LogP contribution < -0.4 is 0 Å². The molecular formula is C8H12O5. The van der Waals surface area contributed by atoms with Crippen molar-refractivity contribution in [2.45, 2.75) is 12.8 Å². The molecule has 74 valence electrons. The molecule has 1 aliphatic rings. The molecule has 0 bridgehead atoms. The smallest absolute Gasteiger partial charge is 0.318 e. The fourth-order valence-corrected chi connectivity index (χ4v) is 1.56. The summed E-state index contributed by atoms with van der Waals surface area (Å²) in [4.78, 5) is 21.2. The summed E-state index contributed by atoms with van der Waals surface area (Å²) >= 11 is 0. The average molecular weight is 188 g/mol. The minimum Gasteiger partial charge on any atom is -0.481 e. The second kappa shape index (κ2) is 4.23. The monoisotopic (exact) mass is 188 g/mol. The molecule has 0 atom stereocenters. The fourth-order valence-electron chi connectivity index (χ4n) is 1.56.